The monoisotopic (exact) mass is 109 g/mol. The molecule has 0 heterocycles. The Morgan fingerprint density at radius 1 is 1.00 bits per heavy atom. The summed E-state index contributed by atoms with van der Waals surface area (Å²) in [5.74, 6) is 8.00. The molecule has 0 saturated heterocycles. The summed E-state index contributed by atoms with van der Waals surface area (Å²) in [6.07, 6.45) is 0. The highest BCUT2D eigenvalue weighted by Gasteiger charge is 1.61. The van der Waals surface area contributed by atoms with Gasteiger partial charge in [0.2, 0.25) is 0 Å². The van der Waals surface area contributed by atoms with Gasteiger partial charge in [0.05, 0.1) is 21.1 Å². The number of hydrogen-bond acceptors (Lipinski definition) is 3. The fourth-order valence-electron chi connectivity index (χ4n) is 0. The maximum absolute atomic E-state index is 4.00. The van der Waals surface area contributed by atoms with Crippen LogP contribution in [0.3, 0.4) is 0 Å². The van der Waals surface area contributed by atoms with E-state index in [1.807, 2.05) is 0 Å². The van der Waals surface area contributed by atoms with E-state index in [0.29, 0.717) is 0 Å². The molecule has 0 rings (SSSR count). The summed E-state index contributed by atoms with van der Waals surface area (Å²) in [5, 5.41) is 0. The van der Waals surface area contributed by atoms with E-state index in [2.05, 4.69) is 32.8 Å². The molecule has 0 unspecified atom stereocenters. The Hall–Kier alpha value is -0.160. The summed E-state index contributed by atoms with van der Waals surface area (Å²) < 4.78 is 0. The third-order valence-electron chi connectivity index (χ3n) is 0. The van der Waals surface area contributed by atoms with Gasteiger partial charge in [-0.1, -0.05) is 0 Å². The van der Waals surface area contributed by atoms with Gasteiger partial charge in [-0.05, 0) is 0 Å². The standard InChI is InChI=1S/C3H9N.H4N2.H2O/c1-4(2)3;1-2;/h1-3H3;1-2H2;1H2. The molecule has 48 valence electrons. The van der Waals surface area contributed by atoms with E-state index in [9.17, 15) is 0 Å². The van der Waals surface area contributed by atoms with Gasteiger partial charge in [-0.15, -0.1) is 0 Å². The van der Waals surface area contributed by atoms with E-state index < -0.39 is 0 Å². The summed E-state index contributed by atoms with van der Waals surface area (Å²) >= 11 is 0. The molecule has 7 heavy (non-hydrogen) atoms. The summed E-state index contributed by atoms with van der Waals surface area (Å²) in [6, 6.07) is 0. The Kier molecular flexibility index (Phi) is 38.3. The fourth-order valence-corrected chi connectivity index (χ4v) is 0. The molecule has 0 atom stereocenters. The van der Waals surface area contributed by atoms with E-state index in [4.69, 9.17) is 0 Å². The zero-order valence-corrected chi connectivity index (χ0v) is 5.10. The largest absolute Gasteiger partial charge is 0.870 e. The Bertz CT molecular complexity index is 14.9. The number of quaternary nitrogens is 1. The smallest absolute Gasteiger partial charge is 0.0661 e. The van der Waals surface area contributed by atoms with Crippen molar-refractivity contribution >= 4 is 0 Å². The van der Waals surface area contributed by atoms with Crippen LogP contribution in [0.1, 0.15) is 0 Å². The minimum atomic E-state index is 0. The summed E-state index contributed by atoms with van der Waals surface area (Å²) in [6.45, 7) is 0. The van der Waals surface area contributed by atoms with Crippen LogP contribution in [0.25, 0.3) is 0 Å². The molecule has 4 heteroatoms. The lowest BCUT2D eigenvalue weighted by Crippen LogP contribution is -3.02. The molecule has 6 N–H and O–H groups in total. The molecule has 0 aliphatic rings. The molecule has 0 aromatic rings. The number of nitrogens with two attached hydrogens (primary N) is 2. The number of rotatable bonds is 0. The summed E-state index contributed by atoms with van der Waals surface area (Å²) in [4.78, 5) is 1.42. The second-order valence-corrected chi connectivity index (χ2v) is 1.50. The van der Waals surface area contributed by atoms with Crippen molar-refractivity contribution < 1.29 is 10.4 Å². The molecule has 0 saturated carbocycles. The highest BCUT2D eigenvalue weighted by atomic mass is 16.0. The molecular formula is C3H15N3O. The van der Waals surface area contributed by atoms with Gasteiger partial charge in [-0.2, -0.15) is 0 Å². The molecule has 0 radical (unpaired) electrons. The lowest BCUT2D eigenvalue weighted by molar-refractivity contribution is -0.836. The molecule has 0 aliphatic heterocycles. The van der Waals surface area contributed by atoms with Crippen LogP contribution in [0.15, 0.2) is 0 Å². The molecule has 0 aromatic carbocycles. The van der Waals surface area contributed by atoms with Gasteiger partial charge in [-0.25, -0.2) is 0 Å². The average Bonchev–Trinajstić information content (AvgIpc) is 1.41. The lowest BCUT2D eigenvalue weighted by Gasteiger charge is -1.88. The fraction of sp³-hybridized carbons (Fsp3) is 1.00. The van der Waals surface area contributed by atoms with Crippen molar-refractivity contribution in [2.75, 3.05) is 21.1 Å². The average molecular weight is 109 g/mol. The van der Waals surface area contributed by atoms with Crippen LogP contribution in [0.5, 0.6) is 0 Å². The van der Waals surface area contributed by atoms with Gasteiger partial charge in [0.1, 0.15) is 0 Å². The second-order valence-electron chi connectivity index (χ2n) is 1.50. The normalized spacial score (nSPS) is 6.00. The molecule has 0 fully saturated rings. The van der Waals surface area contributed by atoms with Crippen molar-refractivity contribution in [1.29, 1.82) is 0 Å². The van der Waals surface area contributed by atoms with Gasteiger partial charge < -0.3 is 10.4 Å². The first-order chi connectivity index (χ1) is 2.73. The van der Waals surface area contributed by atoms with Gasteiger partial charge >= 0.3 is 0 Å². The molecule has 0 spiro atoms. The molecule has 0 amide bonds. The minimum Gasteiger partial charge on any atom is -0.870 e. The van der Waals surface area contributed by atoms with Crippen LogP contribution < -0.4 is 16.6 Å². The maximum Gasteiger partial charge on any atom is 0.0661 e. The third-order valence-corrected chi connectivity index (χ3v) is 0. The zero-order chi connectivity index (χ0) is 5.58. The second kappa shape index (κ2) is 17.0. The molecule has 4 nitrogen and oxygen atoms in total. The van der Waals surface area contributed by atoms with Crippen LogP contribution in [0.2, 0.25) is 0 Å². The van der Waals surface area contributed by atoms with E-state index in [-0.39, 0.29) is 5.48 Å². The predicted molar refractivity (Wildman–Crippen MR) is 29.0 cm³/mol. The third kappa shape index (κ3) is 3360. The van der Waals surface area contributed by atoms with Crippen molar-refractivity contribution in [2.45, 2.75) is 0 Å². The number of nitrogens with one attached hydrogen (secondary N) is 1. The van der Waals surface area contributed by atoms with Gasteiger partial charge in [0.25, 0.3) is 0 Å². The van der Waals surface area contributed by atoms with Gasteiger partial charge in [0.15, 0.2) is 0 Å². The SMILES string of the molecule is C[NH+](C)C.NN.[OH-]. The van der Waals surface area contributed by atoms with Crippen molar-refractivity contribution in [3.8, 4) is 0 Å². The predicted octanol–water partition coefficient (Wildman–Crippen LogP) is -2.60. The van der Waals surface area contributed by atoms with Crippen molar-refractivity contribution in [1.82, 2.24) is 0 Å². The van der Waals surface area contributed by atoms with Crippen LogP contribution in [-0.4, -0.2) is 26.6 Å². The first-order valence-corrected chi connectivity index (χ1v) is 1.83. The zero-order valence-electron chi connectivity index (χ0n) is 5.10. The first kappa shape index (κ1) is 15.8. The van der Waals surface area contributed by atoms with Gasteiger partial charge in [0, 0.05) is 0 Å². The highest BCUT2D eigenvalue weighted by Crippen LogP contribution is 0.864. The van der Waals surface area contributed by atoms with Crippen molar-refractivity contribution in [3.05, 3.63) is 0 Å². The molecule has 0 bridgehead atoms. The Balaban J connectivity index is -0.0000000480. The summed E-state index contributed by atoms with van der Waals surface area (Å²) in [7, 11) is 6.25. The van der Waals surface area contributed by atoms with Crippen LogP contribution >= 0.6 is 0 Å². The highest BCUT2D eigenvalue weighted by molar-refractivity contribution is 3.59. The van der Waals surface area contributed by atoms with Crippen molar-refractivity contribution in [2.24, 2.45) is 11.7 Å². The van der Waals surface area contributed by atoms with E-state index in [0.717, 1.165) is 0 Å². The van der Waals surface area contributed by atoms with Crippen LogP contribution in [0.4, 0.5) is 0 Å². The minimum absolute atomic E-state index is 0. The Labute approximate surface area is 44.4 Å². The van der Waals surface area contributed by atoms with Gasteiger partial charge in [-0.3, -0.25) is 11.7 Å². The topological polar surface area (TPSA) is 86.5 Å². The van der Waals surface area contributed by atoms with Crippen molar-refractivity contribution in [3.63, 3.8) is 0 Å². The van der Waals surface area contributed by atoms with Crippen LogP contribution in [-0.2, 0) is 0 Å². The van der Waals surface area contributed by atoms with E-state index >= 15 is 0 Å². The number of hydrogen-bond donors (Lipinski definition) is 3. The van der Waals surface area contributed by atoms with E-state index in [1.165, 1.54) is 4.90 Å². The van der Waals surface area contributed by atoms with Crippen LogP contribution in [0, 0.1) is 0 Å². The summed E-state index contributed by atoms with van der Waals surface area (Å²) in [5.41, 5.74) is 0. The number of hydrazine groups is 1. The molecular weight excluding hydrogens is 94.1 g/mol. The lowest BCUT2D eigenvalue weighted by atomic mass is 11.0. The molecule has 0 aliphatic carbocycles. The Morgan fingerprint density at radius 2 is 1.00 bits per heavy atom. The Morgan fingerprint density at radius 3 is 1.00 bits per heavy atom. The first-order valence-electron chi connectivity index (χ1n) is 1.83. The van der Waals surface area contributed by atoms with E-state index in [1.54, 1.807) is 0 Å². The molecule has 0 aromatic heterocycles. The maximum atomic E-state index is 4.00. The quantitative estimate of drug-likeness (QED) is 0.235.